The minimum Gasteiger partial charge on any atom is -0.492 e. The van der Waals surface area contributed by atoms with E-state index in [2.05, 4.69) is 30.6 Å². The van der Waals surface area contributed by atoms with Crippen LogP contribution in [-0.4, -0.2) is 56.8 Å². The van der Waals surface area contributed by atoms with Crippen molar-refractivity contribution >= 4 is 33.1 Å². The molecule has 0 radical (unpaired) electrons. The van der Waals surface area contributed by atoms with Crippen molar-refractivity contribution in [1.29, 1.82) is 0 Å². The number of methoxy groups -OCH3 is 1. The van der Waals surface area contributed by atoms with E-state index in [1.54, 1.807) is 24.3 Å². The van der Waals surface area contributed by atoms with Crippen LogP contribution in [0, 0.1) is 13.8 Å². The molecule has 42 heavy (non-hydrogen) atoms. The van der Waals surface area contributed by atoms with Gasteiger partial charge >= 0.3 is 0 Å². The van der Waals surface area contributed by atoms with Gasteiger partial charge in [0.05, 0.1) is 24.7 Å². The van der Waals surface area contributed by atoms with Crippen molar-refractivity contribution in [3.05, 3.63) is 58.9 Å². The molecule has 0 atom stereocenters. The van der Waals surface area contributed by atoms with E-state index in [9.17, 15) is 13.2 Å². The number of sulfonamides is 1. The fourth-order valence-corrected chi connectivity index (χ4v) is 5.57. The van der Waals surface area contributed by atoms with Crippen molar-refractivity contribution < 1.29 is 22.7 Å². The predicted molar refractivity (Wildman–Crippen MR) is 166 cm³/mol. The number of hydrogen-bond donors (Lipinski definition) is 4. The van der Waals surface area contributed by atoms with Crippen LogP contribution in [0.25, 0.3) is 0 Å². The first-order valence-corrected chi connectivity index (χ1v) is 15.7. The molecule has 1 amide bonds. The molecule has 0 aliphatic carbocycles. The topological polar surface area (TPSA) is 144 Å². The molecular formula is C30H40N6O5S. The summed E-state index contributed by atoms with van der Waals surface area (Å²) in [5.74, 6) is 1.31. The fourth-order valence-electron chi connectivity index (χ4n) is 4.96. The van der Waals surface area contributed by atoms with E-state index >= 15 is 0 Å². The van der Waals surface area contributed by atoms with E-state index < -0.39 is 15.9 Å². The maximum Gasteiger partial charge on any atom is 0.255 e. The highest BCUT2D eigenvalue weighted by Gasteiger charge is 2.26. The van der Waals surface area contributed by atoms with Crippen LogP contribution >= 0.6 is 0 Å². The zero-order valence-corrected chi connectivity index (χ0v) is 26.0. The molecule has 1 aliphatic rings. The zero-order valence-electron chi connectivity index (χ0n) is 25.2. The molecule has 12 heteroatoms. The number of piperidine rings is 1. The molecule has 4 rings (SSSR count). The van der Waals surface area contributed by atoms with Crippen LogP contribution in [0.15, 0.2) is 36.7 Å². The van der Waals surface area contributed by atoms with Gasteiger partial charge in [0.15, 0.2) is 5.75 Å². The van der Waals surface area contributed by atoms with Gasteiger partial charge in [-0.2, -0.15) is 0 Å². The van der Waals surface area contributed by atoms with Crippen molar-refractivity contribution in [3.63, 3.8) is 0 Å². The van der Waals surface area contributed by atoms with E-state index in [0.29, 0.717) is 40.3 Å². The number of anilines is 3. The molecule has 1 aromatic heterocycles. The van der Waals surface area contributed by atoms with Gasteiger partial charge in [-0.1, -0.05) is 26.8 Å². The summed E-state index contributed by atoms with van der Waals surface area (Å²) in [4.78, 5) is 22.1. The Bertz CT molecular complexity index is 1560. The standard InChI is InChI=1S/C30H40N6O5S/c1-18-8-9-20(14-24(18)41-26-16-25(32-17-33-26)34-21-10-12-31-13-11-21)29(37)35-23-15-22(30(3,4)5)19(2)27(28(23)40-6)36-42(7,38)39/h8-9,14-17,21,31,36H,10-13H2,1-7H3,(H,35,37)(H,32,33,34). The Labute approximate surface area is 247 Å². The third-order valence-corrected chi connectivity index (χ3v) is 7.66. The molecule has 11 nitrogen and oxygen atoms in total. The van der Waals surface area contributed by atoms with Crippen LogP contribution in [-0.2, 0) is 15.4 Å². The van der Waals surface area contributed by atoms with Crippen LogP contribution in [0.4, 0.5) is 17.2 Å². The van der Waals surface area contributed by atoms with E-state index in [0.717, 1.165) is 43.3 Å². The highest BCUT2D eigenvalue weighted by atomic mass is 32.2. The summed E-state index contributed by atoms with van der Waals surface area (Å²) < 4.78 is 38.7. The number of ether oxygens (including phenoxy) is 2. The molecule has 3 aromatic rings. The average molecular weight is 597 g/mol. The lowest BCUT2D eigenvalue weighted by molar-refractivity contribution is 0.102. The Morgan fingerprint density at radius 2 is 1.79 bits per heavy atom. The second-order valence-corrected chi connectivity index (χ2v) is 13.3. The largest absolute Gasteiger partial charge is 0.492 e. The smallest absolute Gasteiger partial charge is 0.255 e. The van der Waals surface area contributed by atoms with Crippen molar-refractivity contribution in [2.24, 2.45) is 0 Å². The maximum absolute atomic E-state index is 13.5. The van der Waals surface area contributed by atoms with Gasteiger partial charge in [0.25, 0.3) is 5.91 Å². The number of aryl methyl sites for hydroxylation is 1. The van der Waals surface area contributed by atoms with Gasteiger partial charge in [-0.05, 0) is 80.1 Å². The normalized spacial score (nSPS) is 14.3. The highest BCUT2D eigenvalue weighted by molar-refractivity contribution is 7.92. The van der Waals surface area contributed by atoms with E-state index in [1.165, 1.54) is 13.4 Å². The molecule has 0 bridgehead atoms. The molecule has 1 saturated heterocycles. The van der Waals surface area contributed by atoms with E-state index in [-0.39, 0.29) is 16.9 Å². The van der Waals surface area contributed by atoms with Gasteiger partial charge in [0, 0.05) is 17.7 Å². The lowest BCUT2D eigenvalue weighted by Crippen LogP contribution is -2.35. The van der Waals surface area contributed by atoms with Gasteiger partial charge in [-0.15, -0.1) is 0 Å². The summed E-state index contributed by atoms with van der Waals surface area (Å²) in [6.07, 6.45) is 4.53. The predicted octanol–water partition coefficient (Wildman–Crippen LogP) is 4.98. The van der Waals surface area contributed by atoms with Crippen molar-refractivity contribution in [2.75, 3.05) is 41.8 Å². The molecule has 4 N–H and O–H groups in total. The van der Waals surface area contributed by atoms with Crippen LogP contribution in [0.1, 0.15) is 60.7 Å². The summed E-state index contributed by atoms with van der Waals surface area (Å²) in [5.41, 5.74) is 3.03. The lowest BCUT2D eigenvalue weighted by atomic mass is 9.83. The Morgan fingerprint density at radius 3 is 2.43 bits per heavy atom. The van der Waals surface area contributed by atoms with Crippen molar-refractivity contribution in [1.82, 2.24) is 15.3 Å². The van der Waals surface area contributed by atoms with Gasteiger partial charge in [0.1, 0.15) is 17.9 Å². The Kier molecular flexibility index (Phi) is 9.27. The molecule has 0 saturated carbocycles. The Morgan fingerprint density at radius 1 is 1.07 bits per heavy atom. The number of amides is 1. The number of nitrogens with one attached hydrogen (secondary N) is 4. The van der Waals surface area contributed by atoms with Gasteiger partial charge in [-0.3, -0.25) is 9.52 Å². The molecule has 0 unspecified atom stereocenters. The summed E-state index contributed by atoms with van der Waals surface area (Å²) in [5, 5.41) is 9.70. The summed E-state index contributed by atoms with van der Waals surface area (Å²) in [7, 11) is -2.19. The van der Waals surface area contributed by atoms with Gasteiger partial charge in [0.2, 0.25) is 15.9 Å². The number of carbonyl (C=O) groups is 1. The average Bonchev–Trinajstić information content (AvgIpc) is 2.91. The molecule has 1 fully saturated rings. The van der Waals surface area contributed by atoms with Crippen LogP contribution < -0.4 is 30.1 Å². The molecule has 226 valence electrons. The summed E-state index contributed by atoms with van der Waals surface area (Å²) in [6, 6.07) is 9.03. The van der Waals surface area contributed by atoms with Gasteiger partial charge < -0.3 is 25.4 Å². The van der Waals surface area contributed by atoms with Crippen LogP contribution in [0.2, 0.25) is 0 Å². The number of aromatic nitrogens is 2. The van der Waals surface area contributed by atoms with Gasteiger partial charge in [-0.25, -0.2) is 18.4 Å². The first kappa shape index (κ1) is 31.0. The van der Waals surface area contributed by atoms with E-state index in [1.807, 2.05) is 40.7 Å². The molecule has 1 aliphatic heterocycles. The molecule has 2 aromatic carbocycles. The molecule has 0 spiro atoms. The number of rotatable bonds is 9. The van der Waals surface area contributed by atoms with Crippen molar-refractivity contribution in [2.45, 2.75) is 58.9 Å². The lowest BCUT2D eigenvalue weighted by Gasteiger charge is -2.27. The number of benzene rings is 2. The first-order valence-electron chi connectivity index (χ1n) is 13.8. The van der Waals surface area contributed by atoms with Crippen LogP contribution in [0.5, 0.6) is 17.4 Å². The maximum atomic E-state index is 13.5. The number of nitrogens with zero attached hydrogens (tertiary/aromatic N) is 2. The van der Waals surface area contributed by atoms with E-state index in [4.69, 9.17) is 9.47 Å². The van der Waals surface area contributed by atoms with Crippen molar-refractivity contribution in [3.8, 4) is 17.4 Å². The summed E-state index contributed by atoms with van der Waals surface area (Å²) >= 11 is 0. The quantitative estimate of drug-likeness (QED) is 0.269. The first-order chi connectivity index (χ1) is 19.7. The molecular weight excluding hydrogens is 556 g/mol. The number of carbonyl (C=O) groups excluding carboxylic acids is 1. The minimum atomic E-state index is -3.62. The number of hydrogen-bond acceptors (Lipinski definition) is 9. The second-order valence-electron chi connectivity index (χ2n) is 11.6. The highest BCUT2D eigenvalue weighted by Crippen LogP contribution is 2.43. The fraction of sp³-hybridized carbons (Fsp3) is 0.433. The zero-order chi connectivity index (χ0) is 30.7. The monoisotopic (exact) mass is 596 g/mol. The third-order valence-electron chi connectivity index (χ3n) is 7.09. The van der Waals surface area contributed by atoms with Crippen LogP contribution in [0.3, 0.4) is 0 Å². The second kappa shape index (κ2) is 12.5. The Hall–Kier alpha value is -3.90. The summed E-state index contributed by atoms with van der Waals surface area (Å²) in [6.45, 7) is 11.7. The third kappa shape index (κ3) is 7.68. The molecule has 2 heterocycles. The SMILES string of the molecule is COc1c(NC(=O)c2ccc(C)c(Oc3cc(NC4CCNCC4)ncn3)c2)cc(C(C)(C)C)c(C)c1NS(C)(=O)=O. The Balaban J connectivity index is 1.61. The minimum absolute atomic E-state index is 0.220.